The van der Waals surface area contributed by atoms with Crippen LogP contribution in [0.25, 0.3) is 0 Å². The molecule has 2 aromatic rings. The smallest absolute Gasteiger partial charge is 0.336 e. The zero-order valence-electron chi connectivity index (χ0n) is 13.0. The molecule has 0 unspecified atom stereocenters. The van der Waals surface area contributed by atoms with Gasteiger partial charge in [-0.3, -0.25) is 4.57 Å². The van der Waals surface area contributed by atoms with Crippen molar-refractivity contribution >= 4 is 5.97 Å². The highest BCUT2D eigenvalue weighted by Crippen LogP contribution is 2.33. The van der Waals surface area contributed by atoms with Crippen molar-refractivity contribution in [2.75, 3.05) is 0 Å². The molecular weight excluding hydrogens is 316 g/mol. The van der Waals surface area contributed by atoms with Gasteiger partial charge in [0.15, 0.2) is 11.8 Å². The standard InChI is InChI=1S/C16H20N2O6/c19-12-5-6-13(20)17(12)9-10-1-3-11(4-2-10)16(23)24-18-14(21)7-8-15(18)22/h5-8,10-11,19-22H,1-4,9H2. The molecule has 0 aliphatic heterocycles. The Balaban J connectivity index is 1.54. The molecule has 4 N–H and O–H groups in total. The van der Waals surface area contributed by atoms with Gasteiger partial charge in [0.05, 0.1) is 5.92 Å². The monoisotopic (exact) mass is 336 g/mol. The molecule has 0 amide bonds. The second-order valence-corrected chi connectivity index (χ2v) is 6.13. The van der Waals surface area contributed by atoms with Crippen LogP contribution in [0.1, 0.15) is 25.7 Å². The van der Waals surface area contributed by atoms with E-state index >= 15 is 0 Å². The van der Waals surface area contributed by atoms with Crippen LogP contribution in [0.2, 0.25) is 0 Å². The van der Waals surface area contributed by atoms with E-state index in [1.54, 1.807) is 0 Å². The molecule has 2 aromatic heterocycles. The maximum absolute atomic E-state index is 12.2. The number of hydrogen-bond acceptors (Lipinski definition) is 6. The molecule has 0 bridgehead atoms. The second-order valence-electron chi connectivity index (χ2n) is 6.13. The lowest BCUT2D eigenvalue weighted by molar-refractivity contribution is -0.151. The van der Waals surface area contributed by atoms with Crippen LogP contribution >= 0.6 is 0 Å². The summed E-state index contributed by atoms with van der Waals surface area (Å²) in [6.07, 6.45) is 2.71. The summed E-state index contributed by atoms with van der Waals surface area (Å²) in [5.74, 6) is -1.20. The van der Waals surface area contributed by atoms with Crippen LogP contribution in [0.5, 0.6) is 23.5 Å². The van der Waals surface area contributed by atoms with Crippen LogP contribution in [0.3, 0.4) is 0 Å². The van der Waals surface area contributed by atoms with E-state index in [4.69, 9.17) is 4.84 Å². The van der Waals surface area contributed by atoms with Crippen molar-refractivity contribution in [1.82, 2.24) is 9.30 Å². The van der Waals surface area contributed by atoms with Crippen molar-refractivity contribution < 1.29 is 30.1 Å². The fourth-order valence-electron chi connectivity index (χ4n) is 3.13. The molecule has 1 saturated carbocycles. The molecule has 1 aliphatic carbocycles. The van der Waals surface area contributed by atoms with Crippen molar-refractivity contribution in [1.29, 1.82) is 0 Å². The summed E-state index contributed by atoms with van der Waals surface area (Å²) in [6.45, 7) is 0.492. The molecular formula is C16H20N2O6. The van der Waals surface area contributed by atoms with Crippen LogP contribution in [-0.4, -0.2) is 35.7 Å². The molecule has 8 nitrogen and oxygen atoms in total. The first kappa shape index (κ1) is 16.1. The van der Waals surface area contributed by atoms with Crippen LogP contribution in [0.4, 0.5) is 0 Å². The van der Waals surface area contributed by atoms with Gasteiger partial charge < -0.3 is 25.3 Å². The predicted molar refractivity (Wildman–Crippen MR) is 82.6 cm³/mol. The first-order chi connectivity index (χ1) is 11.5. The van der Waals surface area contributed by atoms with E-state index in [2.05, 4.69) is 0 Å². The first-order valence-corrected chi connectivity index (χ1v) is 7.85. The summed E-state index contributed by atoms with van der Waals surface area (Å²) in [5.41, 5.74) is 0. The predicted octanol–water partition coefficient (Wildman–Crippen LogP) is 1.57. The minimum absolute atomic E-state index is 0.0209. The van der Waals surface area contributed by atoms with Gasteiger partial charge in [-0.05, 0) is 31.6 Å². The number of nitrogens with zero attached hydrogens (tertiary/aromatic N) is 2. The Morgan fingerprint density at radius 2 is 1.42 bits per heavy atom. The topological polar surface area (TPSA) is 117 Å². The van der Waals surface area contributed by atoms with Gasteiger partial charge in [0.1, 0.15) is 0 Å². The third-order valence-electron chi connectivity index (χ3n) is 4.53. The number of aromatic nitrogens is 2. The van der Waals surface area contributed by atoms with E-state index in [1.165, 1.54) is 28.8 Å². The highest BCUT2D eigenvalue weighted by atomic mass is 16.7. The summed E-state index contributed by atoms with van der Waals surface area (Å²) in [6, 6.07) is 5.34. The fourth-order valence-corrected chi connectivity index (χ4v) is 3.13. The normalized spacial score (nSPS) is 20.8. The second kappa shape index (κ2) is 6.38. The Hall–Kier alpha value is -2.77. The van der Waals surface area contributed by atoms with Crippen molar-refractivity contribution in [3.63, 3.8) is 0 Å². The van der Waals surface area contributed by atoms with Crippen molar-refractivity contribution in [2.24, 2.45) is 11.8 Å². The van der Waals surface area contributed by atoms with E-state index in [-0.39, 0.29) is 35.4 Å². The Bertz CT molecular complexity index is 688. The third-order valence-corrected chi connectivity index (χ3v) is 4.53. The number of aromatic hydroxyl groups is 4. The Morgan fingerprint density at radius 3 is 1.96 bits per heavy atom. The molecule has 1 fully saturated rings. The highest BCUT2D eigenvalue weighted by molar-refractivity contribution is 5.73. The van der Waals surface area contributed by atoms with Gasteiger partial charge in [-0.1, -0.05) is 0 Å². The molecule has 8 heteroatoms. The van der Waals surface area contributed by atoms with Gasteiger partial charge in [-0.2, -0.15) is 0 Å². The van der Waals surface area contributed by atoms with Gasteiger partial charge in [0, 0.05) is 30.8 Å². The van der Waals surface area contributed by atoms with Gasteiger partial charge >= 0.3 is 5.97 Å². The molecule has 3 rings (SSSR count). The summed E-state index contributed by atoms with van der Waals surface area (Å²) in [5, 5.41) is 38.3. The van der Waals surface area contributed by atoms with E-state index in [9.17, 15) is 25.2 Å². The van der Waals surface area contributed by atoms with Gasteiger partial charge in [0.25, 0.3) is 0 Å². The Kier molecular flexibility index (Phi) is 4.28. The molecule has 0 saturated heterocycles. The molecule has 2 heterocycles. The minimum atomic E-state index is -0.498. The molecule has 0 radical (unpaired) electrons. The maximum Gasteiger partial charge on any atom is 0.336 e. The molecule has 0 atom stereocenters. The van der Waals surface area contributed by atoms with Crippen LogP contribution in [0, 0.1) is 11.8 Å². The first-order valence-electron chi connectivity index (χ1n) is 7.85. The fraction of sp³-hybridized carbons (Fsp3) is 0.438. The van der Waals surface area contributed by atoms with Gasteiger partial charge in [-0.25, -0.2) is 4.79 Å². The minimum Gasteiger partial charge on any atom is -0.494 e. The largest absolute Gasteiger partial charge is 0.494 e. The highest BCUT2D eigenvalue weighted by Gasteiger charge is 2.29. The van der Waals surface area contributed by atoms with Crippen LogP contribution in [-0.2, 0) is 11.3 Å². The van der Waals surface area contributed by atoms with E-state index in [0.717, 1.165) is 12.8 Å². The number of carbonyl (C=O) groups is 1. The zero-order chi connectivity index (χ0) is 17.3. The maximum atomic E-state index is 12.2. The lowest BCUT2D eigenvalue weighted by Crippen LogP contribution is -2.30. The zero-order valence-corrected chi connectivity index (χ0v) is 13.0. The molecule has 24 heavy (non-hydrogen) atoms. The molecule has 130 valence electrons. The SMILES string of the molecule is O=C(On1c(O)ccc1O)C1CCC(Cn2c(O)ccc2O)CC1. The quantitative estimate of drug-likeness (QED) is 0.673. The third kappa shape index (κ3) is 3.12. The number of rotatable bonds is 4. The van der Waals surface area contributed by atoms with E-state index in [1.807, 2.05) is 0 Å². The lowest BCUT2D eigenvalue weighted by Gasteiger charge is -2.27. The summed E-state index contributed by atoms with van der Waals surface area (Å²) >= 11 is 0. The van der Waals surface area contributed by atoms with E-state index in [0.29, 0.717) is 24.1 Å². The number of hydrogen-bond donors (Lipinski definition) is 4. The van der Waals surface area contributed by atoms with Gasteiger partial charge in [-0.15, -0.1) is 4.73 Å². The van der Waals surface area contributed by atoms with Crippen LogP contribution in [0.15, 0.2) is 24.3 Å². The number of carbonyl (C=O) groups excluding carboxylic acids is 1. The van der Waals surface area contributed by atoms with E-state index < -0.39 is 5.97 Å². The summed E-state index contributed by atoms with van der Waals surface area (Å²) in [7, 11) is 0. The summed E-state index contributed by atoms with van der Waals surface area (Å²) in [4.78, 5) is 17.2. The lowest BCUT2D eigenvalue weighted by atomic mass is 9.82. The van der Waals surface area contributed by atoms with Crippen molar-refractivity contribution in [2.45, 2.75) is 32.2 Å². The van der Waals surface area contributed by atoms with Crippen LogP contribution < -0.4 is 4.84 Å². The van der Waals surface area contributed by atoms with Crippen molar-refractivity contribution in [3.05, 3.63) is 24.3 Å². The van der Waals surface area contributed by atoms with Crippen molar-refractivity contribution in [3.8, 4) is 23.5 Å². The Labute approximate surface area is 138 Å². The van der Waals surface area contributed by atoms with Gasteiger partial charge in [0.2, 0.25) is 11.8 Å². The average Bonchev–Trinajstić information content (AvgIpc) is 3.05. The molecule has 0 spiro atoms. The average molecular weight is 336 g/mol. The Morgan fingerprint density at radius 1 is 0.917 bits per heavy atom. The summed E-state index contributed by atoms with van der Waals surface area (Å²) < 4.78 is 2.14. The molecule has 0 aromatic carbocycles. The molecule has 1 aliphatic rings.